The molecule has 50 heavy (non-hydrogen) atoms. The lowest BCUT2D eigenvalue weighted by molar-refractivity contribution is -0.130. The van der Waals surface area contributed by atoms with Crippen LogP contribution in [0.4, 0.5) is 10.5 Å². The van der Waals surface area contributed by atoms with Gasteiger partial charge in [-0.25, -0.2) is 13.2 Å². The molecule has 13 nitrogen and oxygen atoms in total. The summed E-state index contributed by atoms with van der Waals surface area (Å²) in [5, 5.41) is 23.0. The zero-order chi connectivity index (χ0) is 35.4. The lowest BCUT2D eigenvalue weighted by Crippen LogP contribution is -2.48. The summed E-state index contributed by atoms with van der Waals surface area (Å²) in [6.45, 7) is 3.28. The Morgan fingerprint density at radius 1 is 0.960 bits per heavy atom. The summed E-state index contributed by atoms with van der Waals surface area (Å²) in [7, 11) is -3.62. The molecule has 0 radical (unpaired) electrons. The number of anilines is 1. The standard InChI is InChI=1S/C36H42N6O7S/c1-22-7-13-28(50(48,49)42-15-2-3-16-42)20-30(22)26-6-4-5-24(17-26)18-32(35(45)38-27-12-14-29-31(19-27)40-41-34(29)44)39-33(43)25-10-8-23(9-11-25)21-37-36(46)47/h4-7,12-14,17,19-20,23,25,32,37H,2-3,8-11,15-16,18,21H2,1H3,(H,38,45)(H,39,43)(H,46,47)(H2,40,41,44)/t23-,25-,32-/m0/s1. The number of amides is 3. The molecule has 1 atom stereocenters. The van der Waals surface area contributed by atoms with Gasteiger partial charge in [0.2, 0.25) is 21.8 Å². The molecule has 4 aromatic rings. The van der Waals surface area contributed by atoms with Crippen molar-refractivity contribution in [1.82, 2.24) is 25.1 Å². The molecule has 1 saturated heterocycles. The number of H-pyrrole nitrogens is 2. The van der Waals surface area contributed by atoms with Gasteiger partial charge in [-0.2, -0.15) is 4.31 Å². The zero-order valence-corrected chi connectivity index (χ0v) is 28.6. The molecule has 1 aliphatic heterocycles. The topological polar surface area (TPSA) is 194 Å². The number of aromatic nitrogens is 2. The van der Waals surface area contributed by atoms with Crippen LogP contribution in [0, 0.1) is 18.8 Å². The van der Waals surface area contributed by atoms with E-state index in [9.17, 15) is 27.6 Å². The van der Waals surface area contributed by atoms with Crippen molar-refractivity contribution in [3.8, 4) is 11.1 Å². The van der Waals surface area contributed by atoms with Gasteiger partial charge in [0.05, 0.1) is 15.8 Å². The van der Waals surface area contributed by atoms with Crippen LogP contribution >= 0.6 is 0 Å². The van der Waals surface area contributed by atoms with Crippen molar-refractivity contribution in [3.63, 3.8) is 0 Å². The van der Waals surface area contributed by atoms with Crippen LogP contribution in [-0.4, -0.2) is 71.6 Å². The minimum absolute atomic E-state index is 0.152. The predicted molar refractivity (Wildman–Crippen MR) is 189 cm³/mol. The van der Waals surface area contributed by atoms with E-state index in [-0.39, 0.29) is 34.6 Å². The van der Waals surface area contributed by atoms with Crippen molar-refractivity contribution >= 4 is 44.5 Å². The molecule has 0 spiro atoms. The Bertz CT molecular complexity index is 2060. The summed E-state index contributed by atoms with van der Waals surface area (Å²) >= 11 is 0. The summed E-state index contributed by atoms with van der Waals surface area (Å²) in [5.74, 6) is -0.844. The van der Waals surface area contributed by atoms with Gasteiger partial charge >= 0.3 is 6.09 Å². The van der Waals surface area contributed by atoms with Crippen LogP contribution in [0.25, 0.3) is 22.0 Å². The first-order valence-corrected chi connectivity index (χ1v) is 18.4. The van der Waals surface area contributed by atoms with E-state index in [4.69, 9.17) is 5.11 Å². The van der Waals surface area contributed by atoms with E-state index in [2.05, 4.69) is 26.1 Å². The first kappa shape index (κ1) is 34.9. The lowest BCUT2D eigenvalue weighted by Gasteiger charge is -2.29. The van der Waals surface area contributed by atoms with Crippen LogP contribution in [-0.2, 0) is 26.0 Å². The molecular formula is C36H42N6O7S. The third-order valence-electron chi connectivity index (χ3n) is 9.82. The van der Waals surface area contributed by atoms with Gasteiger partial charge in [0.25, 0.3) is 5.56 Å². The predicted octanol–water partition coefficient (Wildman–Crippen LogP) is 4.36. The first-order valence-electron chi connectivity index (χ1n) is 17.0. The van der Waals surface area contributed by atoms with Crippen molar-refractivity contribution in [2.75, 3.05) is 25.0 Å². The van der Waals surface area contributed by atoms with Gasteiger partial charge in [0, 0.05) is 37.7 Å². The number of benzene rings is 3. The number of carboxylic acid groups (broad SMARTS) is 1. The molecule has 1 aromatic heterocycles. The number of hydrogen-bond acceptors (Lipinski definition) is 6. The molecule has 0 unspecified atom stereocenters. The van der Waals surface area contributed by atoms with E-state index >= 15 is 0 Å². The fourth-order valence-electron chi connectivity index (χ4n) is 6.96. The average molecular weight is 703 g/mol. The second kappa shape index (κ2) is 14.9. The maximum absolute atomic E-state index is 13.8. The molecule has 1 saturated carbocycles. The number of aryl methyl sites for hydroxylation is 1. The molecular weight excluding hydrogens is 660 g/mol. The molecule has 2 aliphatic rings. The van der Waals surface area contributed by atoms with Crippen LogP contribution in [0.1, 0.15) is 49.7 Å². The van der Waals surface area contributed by atoms with Crippen molar-refractivity contribution < 1.29 is 27.9 Å². The maximum Gasteiger partial charge on any atom is 0.404 e. The Morgan fingerprint density at radius 3 is 2.46 bits per heavy atom. The van der Waals surface area contributed by atoms with E-state index in [1.165, 1.54) is 4.31 Å². The van der Waals surface area contributed by atoms with Crippen LogP contribution in [0.2, 0.25) is 0 Å². The van der Waals surface area contributed by atoms with Crippen molar-refractivity contribution in [3.05, 3.63) is 82.1 Å². The second-order valence-electron chi connectivity index (χ2n) is 13.3. The number of nitrogens with one attached hydrogen (secondary N) is 5. The molecule has 264 valence electrons. The van der Waals surface area contributed by atoms with E-state index < -0.39 is 28.1 Å². The normalized spacial score (nSPS) is 18.8. The highest BCUT2D eigenvalue weighted by Gasteiger charge is 2.31. The van der Waals surface area contributed by atoms with E-state index in [1.807, 2.05) is 37.3 Å². The molecule has 1 aliphatic carbocycles. The monoisotopic (exact) mass is 702 g/mol. The van der Waals surface area contributed by atoms with Crippen LogP contribution in [0.3, 0.4) is 0 Å². The molecule has 2 heterocycles. The van der Waals surface area contributed by atoms with E-state index in [0.29, 0.717) is 61.9 Å². The van der Waals surface area contributed by atoms with Gasteiger partial charge in [-0.1, -0.05) is 30.3 Å². The van der Waals surface area contributed by atoms with Crippen LogP contribution in [0.5, 0.6) is 0 Å². The van der Waals surface area contributed by atoms with Gasteiger partial charge in [0.15, 0.2) is 0 Å². The number of aromatic amines is 2. The fourth-order valence-corrected chi connectivity index (χ4v) is 8.50. The molecule has 3 amide bonds. The number of sulfonamides is 1. The lowest BCUT2D eigenvalue weighted by atomic mass is 9.81. The Labute approximate surface area is 289 Å². The minimum Gasteiger partial charge on any atom is -0.465 e. The third kappa shape index (κ3) is 7.92. The number of fused-ring (bicyclic) bond motifs is 1. The third-order valence-corrected chi connectivity index (χ3v) is 11.7. The Balaban J connectivity index is 1.23. The van der Waals surface area contributed by atoms with Crippen LogP contribution in [0.15, 0.2) is 70.4 Å². The highest BCUT2D eigenvalue weighted by Crippen LogP contribution is 2.31. The number of hydrogen-bond donors (Lipinski definition) is 6. The van der Waals surface area contributed by atoms with Gasteiger partial charge in [-0.05, 0) is 104 Å². The molecule has 0 bridgehead atoms. The van der Waals surface area contributed by atoms with Crippen molar-refractivity contribution in [2.24, 2.45) is 11.8 Å². The largest absolute Gasteiger partial charge is 0.465 e. The number of carbonyl (C=O) groups is 3. The molecule has 2 fully saturated rings. The molecule has 3 aromatic carbocycles. The fraction of sp³-hybridized carbons (Fsp3) is 0.389. The highest BCUT2D eigenvalue weighted by atomic mass is 32.2. The minimum atomic E-state index is -3.62. The SMILES string of the molecule is Cc1ccc(S(=O)(=O)N2CCCC2)cc1-c1cccc(C[C@H](NC(=O)[C@H]2CC[C@H](CNC(=O)O)CC2)C(=O)Nc2ccc3c(=O)[nH][nH]c3c2)c1. The number of carbonyl (C=O) groups excluding carboxylic acids is 2. The highest BCUT2D eigenvalue weighted by molar-refractivity contribution is 7.89. The van der Waals surface area contributed by atoms with Crippen LogP contribution < -0.4 is 21.5 Å². The van der Waals surface area contributed by atoms with Crippen molar-refractivity contribution in [1.29, 1.82) is 0 Å². The first-order chi connectivity index (χ1) is 24.0. The second-order valence-corrected chi connectivity index (χ2v) is 15.2. The number of nitrogens with zero attached hydrogens (tertiary/aromatic N) is 1. The average Bonchev–Trinajstić information content (AvgIpc) is 3.78. The quantitative estimate of drug-likeness (QED) is 0.134. The van der Waals surface area contributed by atoms with Gasteiger partial charge in [-0.15, -0.1) is 0 Å². The summed E-state index contributed by atoms with van der Waals surface area (Å²) in [6, 6.07) is 16.6. The maximum atomic E-state index is 13.8. The molecule has 14 heteroatoms. The summed E-state index contributed by atoms with van der Waals surface area (Å²) < 4.78 is 28.2. The van der Waals surface area contributed by atoms with Gasteiger partial charge in [0.1, 0.15) is 6.04 Å². The van der Waals surface area contributed by atoms with E-state index in [1.54, 1.807) is 30.3 Å². The molecule has 6 N–H and O–H groups in total. The number of rotatable bonds is 11. The van der Waals surface area contributed by atoms with Gasteiger partial charge < -0.3 is 21.1 Å². The van der Waals surface area contributed by atoms with E-state index in [0.717, 1.165) is 35.1 Å². The Kier molecular flexibility index (Phi) is 10.4. The smallest absolute Gasteiger partial charge is 0.404 e. The summed E-state index contributed by atoms with van der Waals surface area (Å²) in [6.07, 6.45) is 3.32. The summed E-state index contributed by atoms with van der Waals surface area (Å²) in [5.41, 5.74) is 3.93. The molecule has 6 rings (SSSR count). The zero-order valence-electron chi connectivity index (χ0n) is 27.8. The summed E-state index contributed by atoms with van der Waals surface area (Å²) in [4.78, 5) is 50.5. The Morgan fingerprint density at radius 2 is 1.72 bits per heavy atom. The van der Waals surface area contributed by atoms with Gasteiger partial charge in [-0.3, -0.25) is 24.6 Å². The van der Waals surface area contributed by atoms with Crippen molar-refractivity contribution in [2.45, 2.75) is 62.8 Å². The Hall–Kier alpha value is -4.95.